The van der Waals surface area contributed by atoms with Crippen LogP contribution in [0.4, 0.5) is 11.6 Å². The molecule has 0 saturated carbocycles. The van der Waals surface area contributed by atoms with Gasteiger partial charge >= 0.3 is 0 Å². The van der Waals surface area contributed by atoms with Crippen molar-refractivity contribution in [2.45, 2.75) is 45.6 Å². The normalized spacial score (nSPS) is 19.9. The third-order valence-electron chi connectivity index (χ3n) is 3.75. The van der Waals surface area contributed by atoms with Gasteiger partial charge in [-0.05, 0) is 39.8 Å². The lowest BCUT2D eigenvalue weighted by Gasteiger charge is -2.31. The first-order chi connectivity index (χ1) is 9.74. The monoisotopic (exact) mass is 277 g/mol. The first-order valence-corrected chi connectivity index (χ1v) is 7.77. The lowest BCUT2D eigenvalue weighted by atomic mass is 10.1. The van der Waals surface area contributed by atoms with E-state index >= 15 is 0 Å². The maximum atomic E-state index is 4.48. The highest BCUT2D eigenvalue weighted by molar-refractivity contribution is 5.57. The van der Waals surface area contributed by atoms with Crippen LogP contribution in [0, 0.1) is 0 Å². The van der Waals surface area contributed by atoms with Crippen molar-refractivity contribution in [2.75, 3.05) is 37.3 Å². The van der Waals surface area contributed by atoms with Crippen LogP contribution in [0.25, 0.3) is 0 Å². The van der Waals surface area contributed by atoms with E-state index < -0.39 is 0 Å². The van der Waals surface area contributed by atoms with Gasteiger partial charge in [-0.1, -0.05) is 13.3 Å². The summed E-state index contributed by atoms with van der Waals surface area (Å²) in [6, 6.07) is 0.494. The Balaban J connectivity index is 2.14. The van der Waals surface area contributed by atoms with Gasteiger partial charge in [-0.15, -0.1) is 0 Å². The maximum absolute atomic E-state index is 4.48. The van der Waals surface area contributed by atoms with Gasteiger partial charge in [-0.3, -0.25) is 0 Å². The summed E-state index contributed by atoms with van der Waals surface area (Å²) >= 11 is 0. The molecule has 0 spiro atoms. The van der Waals surface area contributed by atoms with E-state index in [1.807, 2.05) is 0 Å². The topological polar surface area (TPSA) is 53.1 Å². The fourth-order valence-corrected chi connectivity index (χ4v) is 2.82. The molecule has 0 bridgehead atoms. The summed E-state index contributed by atoms with van der Waals surface area (Å²) in [6.45, 7) is 7.47. The molecule has 2 heterocycles. The summed E-state index contributed by atoms with van der Waals surface area (Å²) in [5, 5.41) is 6.98. The largest absolute Gasteiger partial charge is 0.370 e. The molecule has 112 valence electrons. The van der Waals surface area contributed by atoms with Crippen LogP contribution in [-0.2, 0) is 6.42 Å². The average Bonchev–Trinajstić information content (AvgIpc) is 2.43. The van der Waals surface area contributed by atoms with Gasteiger partial charge < -0.3 is 15.5 Å². The minimum atomic E-state index is 0.494. The number of likely N-dealkylation sites (N-methyl/N-ethyl adjacent to an activating group) is 1. The second-order valence-electron chi connectivity index (χ2n) is 5.58. The number of hydrogen-bond donors (Lipinski definition) is 2. The highest BCUT2D eigenvalue weighted by atomic mass is 15.2. The zero-order valence-electron chi connectivity index (χ0n) is 12.9. The van der Waals surface area contributed by atoms with Gasteiger partial charge in [0.2, 0.25) is 0 Å². The molecule has 2 N–H and O–H groups in total. The van der Waals surface area contributed by atoms with Crippen LogP contribution < -0.4 is 10.6 Å². The number of piperidine rings is 1. The molecule has 1 aliphatic heterocycles. The van der Waals surface area contributed by atoms with Crippen molar-refractivity contribution in [3.05, 3.63) is 11.9 Å². The number of rotatable bonds is 6. The summed E-state index contributed by atoms with van der Waals surface area (Å²) < 4.78 is 0. The summed E-state index contributed by atoms with van der Waals surface area (Å²) in [6.07, 6.45) is 6.24. The first kappa shape index (κ1) is 15.0. The van der Waals surface area contributed by atoms with Gasteiger partial charge in [-0.25, -0.2) is 9.97 Å². The molecule has 1 aromatic heterocycles. The maximum Gasteiger partial charge on any atom is 0.134 e. The summed E-state index contributed by atoms with van der Waals surface area (Å²) in [5.74, 6) is 1.99. The summed E-state index contributed by atoms with van der Waals surface area (Å²) in [5.41, 5.74) is 1.23. The Morgan fingerprint density at radius 2 is 2.10 bits per heavy atom. The van der Waals surface area contributed by atoms with Crippen molar-refractivity contribution in [3.8, 4) is 0 Å². The standard InChI is InChI=1S/C15H27N5/c1-4-7-13-14(16-5-2)17-11-18-15(13)19-12-8-6-9-20(3)10-12/h11-12H,4-10H2,1-3H3,(H2,16,17,18,19). The second-order valence-corrected chi connectivity index (χ2v) is 5.58. The van der Waals surface area contributed by atoms with Crippen LogP contribution in [0.1, 0.15) is 38.7 Å². The van der Waals surface area contributed by atoms with Gasteiger partial charge in [0.05, 0.1) is 0 Å². The van der Waals surface area contributed by atoms with Crippen molar-refractivity contribution in [1.82, 2.24) is 14.9 Å². The average molecular weight is 277 g/mol. The molecule has 1 unspecified atom stereocenters. The van der Waals surface area contributed by atoms with E-state index in [4.69, 9.17) is 0 Å². The Morgan fingerprint density at radius 3 is 2.80 bits per heavy atom. The number of hydrogen-bond acceptors (Lipinski definition) is 5. The molecule has 20 heavy (non-hydrogen) atoms. The van der Waals surface area contributed by atoms with Gasteiger partial charge in [-0.2, -0.15) is 0 Å². The van der Waals surface area contributed by atoms with E-state index in [0.29, 0.717) is 6.04 Å². The van der Waals surface area contributed by atoms with Gasteiger partial charge in [0.15, 0.2) is 0 Å². The van der Waals surface area contributed by atoms with Gasteiger partial charge in [0, 0.05) is 24.7 Å². The molecule has 1 fully saturated rings. The first-order valence-electron chi connectivity index (χ1n) is 7.77. The highest BCUT2D eigenvalue weighted by Crippen LogP contribution is 2.23. The van der Waals surface area contributed by atoms with Crippen molar-refractivity contribution >= 4 is 11.6 Å². The van der Waals surface area contributed by atoms with Crippen LogP contribution in [0.5, 0.6) is 0 Å². The second kappa shape index (κ2) is 7.43. The Hall–Kier alpha value is -1.36. The molecular formula is C15H27N5. The number of nitrogens with zero attached hydrogens (tertiary/aromatic N) is 3. The van der Waals surface area contributed by atoms with E-state index in [2.05, 4.69) is 46.4 Å². The SMILES string of the molecule is CCCc1c(NCC)ncnc1NC1CCCN(C)C1. The zero-order chi connectivity index (χ0) is 14.4. The van der Waals surface area contributed by atoms with Crippen molar-refractivity contribution in [1.29, 1.82) is 0 Å². The molecule has 0 aromatic carbocycles. The van der Waals surface area contributed by atoms with Gasteiger partial charge in [0.25, 0.3) is 0 Å². The molecule has 1 saturated heterocycles. The fourth-order valence-electron chi connectivity index (χ4n) is 2.82. The van der Waals surface area contributed by atoms with Crippen molar-refractivity contribution in [3.63, 3.8) is 0 Å². The van der Waals surface area contributed by atoms with Crippen LogP contribution in [0.3, 0.4) is 0 Å². The molecular weight excluding hydrogens is 250 g/mol. The molecule has 0 aliphatic carbocycles. The lowest BCUT2D eigenvalue weighted by Crippen LogP contribution is -2.40. The Bertz CT molecular complexity index is 421. The molecule has 1 aliphatic rings. The van der Waals surface area contributed by atoms with E-state index in [9.17, 15) is 0 Å². The van der Waals surface area contributed by atoms with Crippen LogP contribution in [-0.4, -0.2) is 47.6 Å². The van der Waals surface area contributed by atoms with Crippen LogP contribution in [0.2, 0.25) is 0 Å². The summed E-state index contributed by atoms with van der Waals surface area (Å²) in [4.78, 5) is 11.2. The minimum absolute atomic E-state index is 0.494. The number of nitrogens with one attached hydrogen (secondary N) is 2. The quantitative estimate of drug-likeness (QED) is 0.836. The fraction of sp³-hybridized carbons (Fsp3) is 0.733. The molecule has 0 amide bonds. The van der Waals surface area contributed by atoms with E-state index in [1.54, 1.807) is 6.33 Å². The van der Waals surface area contributed by atoms with E-state index in [0.717, 1.165) is 37.6 Å². The Labute approximate surface area is 122 Å². The lowest BCUT2D eigenvalue weighted by molar-refractivity contribution is 0.260. The molecule has 1 aromatic rings. The molecule has 0 radical (unpaired) electrons. The predicted molar refractivity (Wildman–Crippen MR) is 84.3 cm³/mol. The number of likely N-dealkylation sites (tertiary alicyclic amines) is 1. The predicted octanol–water partition coefficient (Wildman–Crippen LogP) is 2.37. The smallest absolute Gasteiger partial charge is 0.134 e. The zero-order valence-corrected chi connectivity index (χ0v) is 12.9. The number of aromatic nitrogens is 2. The minimum Gasteiger partial charge on any atom is -0.370 e. The third-order valence-corrected chi connectivity index (χ3v) is 3.75. The van der Waals surface area contributed by atoms with Crippen molar-refractivity contribution in [2.24, 2.45) is 0 Å². The molecule has 5 heteroatoms. The summed E-state index contributed by atoms with van der Waals surface area (Å²) in [7, 11) is 2.19. The van der Waals surface area contributed by atoms with Gasteiger partial charge in [0.1, 0.15) is 18.0 Å². The Kier molecular flexibility index (Phi) is 5.59. The Morgan fingerprint density at radius 1 is 1.30 bits per heavy atom. The number of anilines is 2. The van der Waals surface area contributed by atoms with Crippen molar-refractivity contribution < 1.29 is 0 Å². The van der Waals surface area contributed by atoms with Crippen LogP contribution in [0.15, 0.2) is 6.33 Å². The molecule has 1 atom stereocenters. The molecule has 2 rings (SSSR count). The van der Waals surface area contributed by atoms with E-state index in [-0.39, 0.29) is 0 Å². The third kappa shape index (κ3) is 3.82. The van der Waals surface area contributed by atoms with Crippen LogP contribution >= 0.6 is 0 Å². The molecule has 5 nitrogen and oxygen atoms in total. The van der Waals surface area contributed by atoms with E-state index in [1.165, 1.54) is 24.9 Å². The highest BCUT2D eigenvalue weighted by Gasteiger charge is 2.19.